The molecule has 1 fully saturated rings. The summed E-state index contributed by atoms with van der Waals surface area (Å²) in [6.07, 6.45) is 9.29. The molecule has 42 heavy (non-hydrogen) atoms. The van der Waals surface area contributed by atoms with Crippen LogP contribution < -0.4 is 4.90 Å². The Morgan fingerprint density at radius 2 is 1.67 bits per heavy atom. The molecular formula is C32H37F3N4O3. The number of unbranched alkanes of at least 4 members (excludes halogenated alkanes) is 3. The van der Waals surface area contributed by atoms with Crippen LogP contribution in [0.2, 0.25) is 0 Å². The lowest BCUT2D eigenvalue weighted by atomic mass is 9.88. The van der Waals surface area contributed by atoms with E-state index in [1.54, 1.807) is 12.4 Å². The predicted octanol–water partition coefficient (Wildman–Crippen LogP) is 7.23. The Labute approximate surface area is 244 Å². The molecule has 3 heterocycles. The fourth-order valence-corrected chi connectivity index (χ4v) is 5.36. The summed E-state index contributed by atoms with van der Waals surface area (Å²) < 4.78 is 45.1. The largest absolute Gasteiger partial charge is 0.464 e. The number of aromatic nitrogens is 2. The Bertz CT molecular complexity index is 1250. The summed E-state index contributed by atoms with van der Waals surface area (Å²) >= 11 is 0. The van der Waals surface area contributed by atoms with E-state index in [4.69, 9.17) is 4.74 Å². The van der Waals surface area contributed by atoms with Crippen molar-refractivity contribution in [1.82, 2.24) is 14.9 Å². The molecule has 1 aliphatic rings. The van der Waals surface area contributed by atoms with Gasteiger partial charge in [-0.3, -0.25) is 14.9 Å². The second-order valence-corrected chi connectivity index (χ2v) is 10.6. The minimum absolute atomic E-state index is 0.113. The molecule has 1 atom stereocenters. The van der Waals surface area contributed by atoms with Gasteiger partial charge in [0.15, 0.2) is 0 Å². The highest BCUT2D eigenvalue weighted by molar-refractivity contribution is 5.94. The van der Waals surface area contributed by atoms with Crippen LogP contribution in [0.5, 0.6) is 0 Å². The molecule has 2 amide bonds. The third-order valence-corrected chi connectivity index (χ3v) is 7.67. The lowest BCUT2D eigenvalue weighted by Gasteiger charge is -2.36. The Morgan fingerprint density at radius 1 is 0.976 bits per heavy atom. The maximum Gasteiger partial charge on any atom is 0.416 e. The molecule has 1 saturated heterocycles. The van der Waals surface area contributed by atoms with Crippen LogP contribution in [0.25, 0.3) is 0 Å². The van der Waals surface area contributed by atoms with Gasteiger partial charge in [0.25, 0.3) is 0 Å². The van der Waals surface area contributed by atoms with Crippen molar-refractivity contribution in [1.29, 1.82) is 0 Å². The molecule has 0 aliphatic carbocycles. The fourth-order valence-electron chi connectivity index (χ4n) is 5.36. The van der Waals surface area contributed by atoms with Crippen LogP contribution >= 0.6 is 0 Å². The Kier molecular flexibility index (Phi) is 10.9. The SMILES string of the molecule is CN(C(=O)N1CCCC[C@H]1C(=O)OCCCCCCC(c1cccnc1)c1cccnc1)c1cccc(C(F)(F)F)c1. The minimum Gasteiger partial charge on any atom is -0.464 e. The Balaban J connectivity index is 1.24. The monoisotopic (exact) mass is 582 g/mol. The number of alkyl halides is 3. The summed E-state index contributed by atoms with van der Waals surface area (Å²) in [4.78, 5) is 37.3. The van der Waals surface area contributed by atoms with Crippen LogP contribution in [0, 0.1) is 0 Å². The standard InChI is InChI=1S/C32H37F3N4O3/c1-38(27-14-8-13-26(21-27)32(33,34)35)31(41)39-19-6-5-16-29(39)30(40)42-20-7-3-2-4-15-28(24-11-9-17-36-22-24)25-12-10-18-37-23-25/h8-14,17-18,21-23,28-29H,2-7,15-16,19-20H2,1H3/t29-/m0/s1. The van der Waals surface area contributed by atoms with Gasteiger partial charge >= 0.3 is 18.2 Å². The molecule has 0 radical (unpaired) electrons. The number of halogens is 3. The van der Waals surface area contributed by atoms with Gasteiger partial charge in [0.2, 0.25) is 0 Å². The first-order valence-corrected chi connectivity index (χ1v) is 14.4. The smallest absolute Gasteiger partial charge is 0.416 e. The van der Waals surface area contributed by atoms with Gasteiger partial charge in [0.05, 0.1) is 12.2 Å². The van der Waals surface area contributed by atoms with Crippen molar-refractivity contribution in [3.8, 4) is 0 Å². The van der Waals surface area contributed by atoms with E-state index in [9.17, 15) is 22.8 Å². The average molecular weight is 583 g/mol. The lowest BCUT2D eigenvalue weighted by Crippen LogP contribution is -2.53. The molecule has 10 heteroatoms. The van der Waals surface area contributed by atoms with Gasteiger partial charge in [-0.15, -0.1) is 0 Å². The minimum atomic E-state index is -4.52. The lowest BCUT2D eigenvalue weighted by molar-refractivity contribution is -0.150. The van der Waals surface area contributed by atoms with E-state index in [1.807, 2.05) is 24.5 Å². The van der Waals surface area contributed by atoms with E-state index < -0.39 is 29.8 Å². The Morgan fingerprint density at radius 3 is 2.31 bits per heavy atom. The van der Waals surface area contributed by atoms with E-state index in [0.29, 0.717) is 25.8 Å². The highest BCUT2D eigenvalue weighted by Gasteiger charge is 2.36. The number of benzene rings is 1. The maximum atomic E-state index is 13.2. The van der Waals surface area contributed by atoms with E-state index in [0.717, 1.165) is 60.3 Å². The third kappa shape index (κ3) is 8.30. The number of rotatable bonds is 11. The zero-order valence-corrected chi connectivity index (χ0v) is 23.8. The summed E-state index contributed by atoms with van der Waals surface area (Å²) in [5, 5.41) is 0. The number of hydrogen-bond donors (Lipinski definition) is 0. The van der Waals surface area contributed by atoms with Crippen molar-refractivity contribution in [2.45, 2.75) is 69.5 Å². The first-order valence-electron chi connectivity index (χ1n) is 14.4. The molecule has 3 aromatic rings. The van der Waals surface area contributed by atoms with Gasteiger partial charge in [-0.05, 0) is 73.6 Å². The third-order valence-electron chi connectivity index (χ3n) is 7.67. The quantitative estimate of drug-likeness (QED) is 0.176. The number of anilines is 1. The number of nitrogens with zero attached hydrogens (tertiary/aromatic N) is 4. The Hall–Kier alpha value is -3.95. The van der Waals surface area contributed by atoms with Gasteiger partial charge in [-0.1, -0.05) is 37.5 Å². The van der Waals surface area contributed by atoms with Gasteiger partial charge in [0, 0.05) is 50.0 Å². The van der Waals surface area contributed by atoms with Crippen molar-refractivity contribution >= 4 is 17.7 Å². The molecule has 7 nitrogen and oxygen atoms in total. The summed E-state index contributed by atoms with van der Waals surface area (Å²) in [6.45, 7) is 0.604. The second-order valence-electron chi connectivity index (χ2n) is 10.6. The summed E-state index contributed by atoms with van der Waals surface area (Å²) in [6, 6.07) is 11.4. The molecule has 1 aromatic carbocycles. The summed E-state index contributed by atoms with van der Waals surface area (Å²) in [7, 11) is 1.42. The average Bonchev–Trinajstić information content (AvgIpc) is 3.02. The molecule has 0 N–H and O–H groups in total. The number of carbonyl (C=O) groups is 2. The fraction of sp³-hybridized carbons (Fsp3) is 0.438. The van der Waals surface area contributed by atoms with Crippen molar-refractivity contribution in [3.05, 3.63) is 90.0 Å². The molecule has 0 spiro atoms. The van der Waals surface area contributed by atoms with Crippen molar-refractivity contribution < 1.29 is 27.5 Å². The normalized spacial score (nSPS) is 15.5. The van der Waals surface area contributed by atoms with Gasteiger partial charge in [0.1, 0.15) is 6.04 Å². The highest BCUT2D eigenvalue weighted by Crippen LogP contribution is 2.32. The summed E-state index contributed by atoms with van der Waals surface area (Å²) in [5.41, 5.74) is 1.59. The number of ether oxygens (including phenoxy) is 1. The number of piperidine rings is 1. The van der Waals surface area contributed by atoms with Crippen molar-refractivity contribution in [2.24, 2.45) is 0 Å². The maximum absolute atomic E-state index is 13.2. The van der Waals surface area contributed by atoms with Crippen molar-refractivity contribution in [3.63, 3.8) is 0 Å². The number of pyridine rings is 2. The van der Waals surface area contributed by atoms with Crippen LogP contribution in [-0.4, -0.2) is 53.1 Å². The van der Waals surface area contributed by atoms with Crippen LogP contribution in [0.3, 0.4) is 0 Å². The van der Waals surface area contributed by atoms with Crippen molar-refractivity contribution in [2.75, 3.05) is 25.1 Å². The molecule has 224 valence electrons. The molecule has 0 bridgehead atoms. The molecular weight excluding hydrogens is 545 g/mol. The van der Waals surface area contributed by atoms with Crippen LogP contribution in [0.15, 0.2) is 73.3 Å². The van der Waals surface area contributed by atoms with Gasteiger partial charge < -0.3 is 9.64 Å². The number of amides is 2. The van der Waals surface area contributed by atoms with E-state index in [-0.39, 0.29) is 18.2 Å². The summed E-state index contributed by atoms with van der Waals surface area (Å²) in [5.74, 6) is -0.247. The molecule has 1 aliphatic heterocycles. The number of urea groups is 1. The predicted molar refractivity (Wildman–Crippen MR) is 154 cm³/mol. The number of hydrogen-bond acceptors (Lipinski definition) is 5. The zero-order valence-electron chi connectivity index (χ0n) is 23.8. The highest BCUT2D eigenvalue weighted by atomic mass is 19.4. The number of carbonyl (C=O) groups excluding carboxylic acids is 2. The number of esters is 1. The first-order chi connectivity index (χ1) is 20.3. The van der Waals surface area contributed by atoms with Gasteiger partial charge in [-0.25, -0.2) is 9.59 Å². The van der Waals surface area contributed by atoms with E-state index >= 15 is 0 Å². The topological polar surface area (TPSA) is 75.6 Å². The van der Waals surface area contributed by atoms with Gasteiger partial charge in [-0.2, -0.15) is 13.2 Å². The second kappa shape index (κ2) is 14.8. The first kappa shape index (κ1) is 31.0. The number of likely N-dealkylation sites (tertiary alicyclic amines) is 1. The van der Waals surface area contributed by atoms with Crippen LogP contribution in [0.4, 0.5) is 23.7 Å². The molecule has 4 rings (SSSR count). The molecule has 2 aromatic heterocycles. The van der Waals surface area contributed by atoms with Crippen LogP contribution in [0.1, 0.15) is 74.0 Å². The van der Waals surface area contributed by atoms with E-state index in [2.05, 4.69) is 22.1 Å². The van der Waals surface area contributed by atoms with Crippen LogP contribution in [-0.2, 0) is 15.7 Å². The molecule has 0 unspecified atom stereocenters. The molecule has 0 saturated carbocycles. The van der Waals surface area contributed by atoms with E-state index in [1.165, 1.54) is 24.1 Å². The zero-order chi connectivity index (χ0) is 30.0.